The third-order valence-electron chi connectivity index (χ3n) is 7.78. The van der Waals surface area contributed by atoms with Crippen molar-refractivity contribution in [2.24, 2.45) is 14.1 Å². The highest BCUT2D eigenvalue weighted by atomic mass is 127. The van der Waals surface area contributed by atoms with Crippen LogP contribution in [0.1, 0.15) is 0 Å². The summed E-state index contributed by atoms with van der Waals surface area (Å²) in [6, 6.07) is 20.6. The predicted octanol–water partition coefficient (Wildman–Crippen LogP) is 7.72. The molecule has 0 aliphatic carbocycles. The Morgan fingerprint density at radius 3 is 1.50 bits per heavy atom. The van der Waals surface area contributed by atoms with Gasteiger partial charge in [-0.2, -0.15) is 0 Å². The second kappa shape index (κ2) is 17.6. The van der Waals surface area contributed by atoms with Crippen LogP contribution in [0.5, 0.6) is 0 Å². The summed E-state index contributed by atoms with van der Waals surface area (Å²) in [5.41, 5.74) is 2.60. The van der Waals surface area contributed by atoms with Crippen LogP contribution in [0.15, 0.2) is 97.6 Å². The van der Waals surface area contributed by atoms with Gasteiger partial charge in [0.15, 0.2) is 43.6 Å². The number of para-hydroxylation sites is 2. The molecule has 0 aliphatic rings. The van der Waals surface area contributed by atoms with Crippen LogP contribution in [0, 0.1) is 27.1 Å². The first kappa shape index (κ1) is 40.3. The minimum atomic E-state index is -1.41. The van der Waals surface area contributed by atoms with Gasteiger partial charge in [0, 0.05) is 52.3 Å². The lowest BCUT2D eigenvalue weighted by molar-refractivity contribution is 0.426. The van der Waals surface area contributed by atoms with Crippen LogP contribution in [-0.4, -0.2) is 56.2 Å². The summed E-state index contributed by atoms with van der Waals surface area (Å²) in [5, 5.41) is 23.8. The zero-order chi connectivity index (χ0) is 40.1. The Labute approximate surface area is 339 Å². The molecule has 0 aliphatic heterocycles. The number of hydrogen-bond donors (Lipinski definition) is 4. The normalized spacial score (nSPS) is 10.8. The van der Waals surface area contributed by atoms with Crippen LogP contribution in [0.2, 0.25) is 10.0 Å². The summed E-state index contributed by atoms with van der Waals surface area (Å²) >= 11 is 13.4. The maximum atomic E-state index is 14.0. The molecule has 8 rings (SSSR count). The number of fused-ring (bicyclic) bond motifs is 2. The van der Waals surface area contributed by atoms with E-state index >= 15 is 0 Å². The molecule has 56 heavy (non-hydrogen) atoms. The van der Waals surface area contributed by atoms with Crippen LogP contribution in [-0.2, 0) is 14.1 Å². The number of nitrogens with zero attached hydrogens (tertiary/aromatic N) is 8. The molecule has 8 aromatic rings. The molecule has 0 unspecified atom stereocenters. The van der Waals surface area contributed by atoms with E-state index in [1.807, 2.05) is 22.6 Å². The van der Waals surface area contributed by atoms with Gasteiger partial charge in [0.25, 0.3) is 0 Å². The topological polar surface area (TPSA) is 152 Å². The van der Waals surface area contributed by atoms with Crippen molar-refractivity contribution in [2.75, 3.05) is 10.6 Å². The zero-order valence-electron chi connectivity index (χ0n) is 28.9. The third-order valence-corrected chi connectivity index (χ3v) is 8.76. The molecule has 284 valence electrons. The Balaban J connectivity index is 0.000000156. The largest absolute Gasteiger partial charge is 0.488 e. The van der Waals surface area contributed by atoms with Crippen LogP contribution >= 0.6 is 45.8 Å². The van der Waals surface area contributed by atoms with E-state index in [0.717, 1.165) is 5.56 Å². The van der Waals surface area contributed by atoms with Gasteiger partial charge in [0.2, 0.25) is 0 Å². The molecule has 4 heterocycles. The standard InChI is InChI=1S/C18H12ClF2N5.C12H8F2IN5.C6H6BClO2/c1-26-9-22-15-17(23-14-12(20)3-2-4-13(14)21)24-16(25-18(15)26)10-5-7-11(19)8-6-10;1-20-5-16-9-10(18-12(15)19-11(9)20)17-8-6(13)3-2-4-7(8)14;8-6-3-1-5(2-4-6)7(9)10/h2-9H,1H3,(H,23,24,25);2-5H,1H3,(H,17,18,19);1-4,9-10H. The van der Waals surface area contributed by atoms with E-state index in [9.17, 15) is 17.6 Å². The van der Waals surface area contributed by atoms with Gasteiger partial charge in [-0.25, -0.2) is 47.5 Å². The summed E-state index contributed by atoms with van der Waals surface area (Å²) in [5.74, 6) is -1.96. The summed E-state index contributed by atoms with van der Waals surface area (Å²) in [7, 11) is 2.16. The SMILES string of the molecule is Cn1cnc2c(Nc3c(F)cccc3F)nc(-c3ccc(Cl)cc3)nc21.Cn1cnc2c(Nc3c(F)cccc3F)nc(I)nc21.OB(O)c1ccc(Cl)cc1. The zero-order valence-corrected chi connectivity index (χ0v) is 32.6. The lowest BCUT2D eigenvalue weighted by Crippen LogP contribution is -2.29. The van der Waals surface area contributed by atoms with E-state index in [2.05, 4.69) is 40.5 Å². The van der Waals surface area contributed by atoms with Crippen LogP contribution in [0.25, 0.3) is 33.7 Å². The Morgan fingerprint density at radius 2 is 1.04 bits per heavy atom. The minimum Gasteiger partial charge on any atom is -0.423 e. The van der Waals surface area contributed by atoms with E-state index in [-0.39, 0.29) is 23.0 Å². The van der Waals surface area contributed by atoms with E-state index in [1.165, 1.54) is 36.4 Å². The molecule has 0 amide bonds. The average molecular weight is 915 g/mol. The van der Waals surface area contributed by atoms with Crippen molar-refractivity contribution in [3.05, 3.63) is 135 Å². The lowest BCUT2D eigenvalue weighted by atomic mass is 9.81. The van der Waals surface area contributed by atoms with Crippen LogP contribution < -0.4 is 16.1 Å². The molecular formula is C36H26BCl2F4IN10O2. The molecule has 0 radical (unpaired) electrons. The summed E-state index contributed by atoms with van der Waals surface area (Å²) in [4.78, 5) is 25.7. The van der Waals surface area contributed by atoms with Crippen molar-refractivity contribution in [3.63, 3.8) is 0 Å². The second-order valence-corrected chi connectivity index (χ2v) is 13.5. The smallest absolute Gasteiger partial charge is 0.423 e. The molecule has 12 nitrogen and oxygen atoms in total. The molecule has 4 aromatic carbocycles. The lowest BCUT2D eigenvalue weighted by Gasteiger charge is -2.10. The Hall–Kier alpha value is -5.41. The number of anilines is 4. The van der Waals surface area contributed by atoms with Crippen molar-refractivity contribution in [3.8, 4) is 11.4 Å². The molecular weight excluding hydrogens is 889 g/mol. The molecule has 4 N–H and O–H groups in total. The van der Waals surface area contributed by atoms with E-state index < -0.39 is 30.4 Å². The van der Waals surface area contributed by atoms with E-state index in [1.54, 1.807) is 84.4 Å². The van der Waals surface area contributed by atoms with Gasteiger partial charge in [-0.1, -0.05) is 47.5 Å². The quantitative estimate of drug-likeness (QED) is 0.0565. The first-order valence-corrected chi connectivity index (χ1v) is 18.0. The first-order chi connectivity index (χ1) is 26.8. The van der Waals surface area contributed by atoms with Gasteiger partial charge >= 0.3 is 7.12 Å². The van der Waals surface area contributed by atoms with E-state index in [0.29, 0.717) is 47.5 Å². The maximum Gasteiger partial charge on any atom is 0.488 e. The average Bonchev–Trinajstić information content (AvgIpc) is 3.74. The highest BCUT2D eigenvalue weighted by Gasteiger charge is 2.18. The summed E-state index contributed by atoms with van der Waals surface area (Å²) < 4.78 is 59.3. The minimum absolute atomic E-state index is 0.213. The highest BCUT2D eigenvalue weighted by molar-refractivity contribution is 14.1. The Bertz CT molecular complexity index is 2610. The number of aryl methyl sites for hydroxylation is 2. The number of halogens is 7. The number of benzene rings is 4. The Morgan fingerprint density at radius 1 is 0.607 bits per heavy atom. The number of rotatable bonds is 6. The van der Waals surface area contributed by atoms with Crippen molar-refractivity contribution < 1.29 is 27.6 Å². The first-order valence-electron chi connectivity index (χ1n) is 16.1. The van der Waals surface area contributed by atoms with E-state index in [4.69, 9.17) is 33.2 Å². The monoisotopic (exact) mass is 914 g/mol. The summed E-state index contributed by atoms with van der Waals surface area (Å²) in [6.07, 6.45) is 3.13. The van der Waals surface area contributed by atoms with Gasteiger partial charge in [-0.05, 0) is 66.1 Å². The van der Waals surface area contributed by atoms with Crippen LogP contribution in [0.3, 0.4) is 0 Å². The van der Waals surface area contributed by atoms with Crippen molar-refractivity contribution in [1.82, 2.24) is 39.0 Å². The highest BCUT2D eigenvalue weighted by Crippen LogP contribution is 2.30. The predicted molar refractivity (Wildman–Crippen MR) is 216 cm³/mol. The molecule has 0 spiro atoms. The van der Waals surface area contributed by atoms with Crippen molar-refractivity contribution in [1.29, 1.82) is 0 Å². The number of imidazole rings is 2. The van der Waals surface area contributed by atoms with Gasteiger partial charge in [-0.15, -0.1) is 0 Å². The van der Waals surface area contributed by atoms with Gasteiger partial charge in [-0.3, -0.25) is 0 Å². The fraction of sp³-hybridized carbons (Fsp3) is 0.0556. The van der Waals surface area contributed by atoms with Crippen molar-refractivity contribution in [2.45, 2.75) is 0 Å². The molecule has 0 saturated heterocycles. The molecule has 0 fully saturated rings. The van der Waals surface area contributed by atoms with Gasteiger partial charge < -0.3 is 29.8 Å². The molecule has 0 atom stereocenters. The van der Waals surface area contributed by atoms with Gasteiger partial charge in [0.1, 0.15) is 34.6 Å². The number of aromatic nitrogens is 8. The maximum absolute atomic E-state index is 14.0. The third kappa shape index (κ3) is 9.33. The van der Waals surface area contributed by atoms with Crippen LogP contribution in [0.4, 0.5) is 40.6 Å². The Kier molecular flexibility index (Phi) is 12.6. The summed E-state index contributed by atoms with van der Waals surface area (Å²) in [6.45, 7) is 0. The van der Waals surface area contributed by atoms with Crippen molar-refractivity contribution >= 4 is 104 Å². The molecule has 0 saturated carbocycles. The molecule has 0 bridgehead atoms. The number of hydrogen-bond acceptors (Lipinski definition) is 10. The molecule has 4 aromatic heterocycles. The fourth-order valence-corrected chi connectivity index (χ4v) is 5.72. The molecule has 20 heteroatoms. The second-order valence-electron chi connectivity index (χ2n) is 11.7. The fourth-order valence-electron chi connectivity index (χ4n) is 5.00. The number of nitrogens with one attached hydrogen (secondary N) is 2. The van der Waals surface area contributed by atoms with Gasteiger partial charge in [0.05, 0.1) is 12.7 Å².